The number of fused-ring (bicyclic) bond motifs is 7. The summed E-state index contributed by atoms with van der Waals surface area (Å²) in [6.07, 6.45) is 21.3. The van der Waals surface area contributed by atoms with E-state index in [2.05, 4.69) is 65.2 Å². The van der Waals surface area contributed by atoms with Crippen molar-refractivity contribution in [2.45, 2.75) is 203 Å². The molecule has 0 spiro atoms. The Morgan fingerprint density at radius 3 is 2.02 bits per heavy atom. The molecule has 0 aromatic rings. The second-order valence-corrected chi connectivity index (χ2v) is 23.1. The molecule has 10 heteroatoms. The fourth-order valence-electron chi connectivity index (χ4n) is 14.0. The Balaban J connectivity index is 1.20. The van der Waals surface area contributed by atoms with Gasteiger partial charge in [0.2, 0.25) is 11.8 Å². The molecular formula is C50H82N2O8. The molecule has 0 aliphatic heterocycles. The Morgan fingerprint density at radius 1 is 0.733 bits per heavy atom. The van der Waals surface area contributed by atoms with E-state index in [1.165, 1.54) is 0 Å². The van der Waals surface area contributed by atoms with Crippen molar-refractivity contribution in [2.24, 2.45) is 55.7 Å². The third kappa shape index (κ3) is 9.98. The van der Waals surface area contributed by atoms with Gasteiger partial charge in [-0.2, -0.15) is 0 Å². The summed E-state index contributed by atoms with van der Waals surface area (Å²) < 4.78 is 6.28. The standard InChI is InChI=1S/C50H82N2O8/c1-44(2)25-27-50(43(59)51-29-17-15-13-11-10-12-14-16-18-39(53)52-33-41(56)57)28-26-48(8)34(35(50)30-44)19-20-37-47(7)23-22-38(46(5,6)36(47)21-24-49(37,48)9)60-42(58)32-45(3,4)31-40(54)55/h19,35-38H,10-18,20-33H2,1-9H3,(H,51,59)(H,52,53)(H,54,55)(H,56,57)/t35-,36-,37+,38-,47-,48+,49+,50-/m0/s1. The molecule has 0 heterocycles. The van der Waals surface area contributed by atoms with Crippen molar-refractivity contribution in [3.63, 3.8) is 0 Å². The maximum absolute atomic E-state index is 14.5. The SMILES string of the molecule is CC(C)(CC(=O)O)CC(=O)O[C@H]1CC[C@]2(C)[C@H]3CC=C4[C@@H]5CC(C)(C)CC[C@]5(C(=O)NCCCCCCCCCCC(=O)NCC(=O)O)CC[C@@]4(C)[C@]3(C)CC[C@H]2C1(C)C. The number of nitrogens with one attached hydrogen (secondary N) is 2. The fraction of sp³-hybridized carbons (Fsp3) is 0.860. The third-order valence-electron chi connectivity index (χ3n) is 17.6. The summed E-state index contributed by atoms with van der Waals surface area (Å²) in [7, 11) is 0. The monoisotopic (exact) mass is 839 g/mol. The highest BCUT2D eigenvalue weighted by Crippen LogP contribution is 2.76. The van der Waals surface area contributed by atoms with Crippen LogP contribution < -0.4 is 10.6 Å². The Labute approximate surface area is 362 Å². The van der Waals surface area contributed by atoms with Crippen LogP contribution in [0.1, 0.15) is 197 Å². The average Bonchev–Trinajstić information content (AvgIpc) is 3.13. The van der Waals surface area contributed by atoms with Crippen molar-refractivity contribution in [1.29, 1.82) is 0 Å². The minimum atomic E-state index is -1.02. The number of carbonyl (C=O) groups is 5. The van der Waals surface area contributed by atoms with Gasteiger partial charge in [-0.1, -0.05) is 112 Å². The van der Waals surface area contributed by atoms with Gasteiger partial charge in [-0.3, -0.25) is 24.0 Å². The number of rotatable bonds is 19. The summed E-state index contributed by atoms with van der Waals surface area (Å²) in [5.41, 5.74) is 0.759. The van der Waals surface area contributed by atoms with E-state index in [9.17, 15) is 29.1 Å². The summed E-state index contributed by atoms with van der Waals surface area (Å²) in [5, 5.41) is 23.9. The molecule has 10 nitrogen and oxygen atoms in total. The molecule has 0 aromatic heterocycles. The largest absolute Gasteiger partial charge is 0.481 e. The Kier molecular flexibility index (Phi) is 14.8. The van der Waals surface area contributed by atoms with Crippen molar-refractivity contribution < 1.29 is 38.9 Å². The molecular weight excluding hydrogens is 757 g/mol. The first-order valence-electron chi connectivity index (χ1n) is 23.8. The molecule has 0 unspecified atom stereocenters. The maximum Gasteiger partial charge on any atom is 0.322 e. The summed E-state index contributed by atoms with van der Waals surface area (Å²) >= 11 is 0. The van der Waals surface area contributed by atoms with E-state index >= 15 is 0 Å². The lowest BCUT2D eigenvalue weighted by Gasteiger charge is -2.71. The molecule has 4 fully saturated rings. The zero-order valence-electron chi connectivity index (χ0n) is 39.0. The number of esters is 1. The van der Waals surface area contributed by atoms with Gasteiger partial charge in [0, 0.05) is 18.4 Å². The first kappa shape index (κ1) is 48.1. The Morgan fingerprint density at radius 2 is 1.37 bits per heavy atom. The second kappa shape index (κ2) is 18.4. The molecule has 8 atom stereocenters. The number of carbonyl (C=O) groups excluding carboxylic acids is 3. The van der Waals surface area contributed by atoms with E-state index in [0.29, 0.717) is 18.3 Å². The first-order valence-corrected chi connectivity index (χ1v) is 23.8. The Hall–Kier alpha value is -2.91. The van der Waals surface area contributed by atoms with Gasteiger partial charge in [0.15, 0.2) is 0 Å². The van der Waals surface area contributed by atoms with Crippen molar-refractivity contribution in [3.8, 4) is 0 Å². The lowest BCUT2D eigenvalue weighted by Crippen LogP contribution is -2.65. The number of hydrogen-bond acceptors (Lipinski definition) is 6. The van der Waals surface area contributed by atoms with E-state index in [1.54, 1.807) is 5.57 Å². The highest BCUT2D eigenvalue weighted by molar-refractivity contribution is 5.84. The first-order chi connectivity index (χ1) is 27.9. The van der Waals surface area contributed by atoms with Crippen molar-refractivity contribution in [1.82, 2.24) is 10.6 Å². The van der Waals surface area contributed by atoms with E-state index < -0.39 is 17.4 Å². The molecule has 5 aliphatic carbocycles. The predicted octanol–water partition coefficient (Wildman–Crippen LogP) is 10.4. The predicted molar refractivity (Wildman–Crippen MR) is 235 cm³/mol. The molecule has 0 bridgehead atoms. The normalized spacial score (nSPS) is 34.0. The lowest BCUT2D eigenvalue weighted by molar-refractivity contribution is -0.213. The molecule has 0 radical (unpaired) electrons. The van der Waals surface area contributed by atoms with Crippen molar-refractivity contribution in [3.05, 3.63) is 11.6 Å². The average molecular weight is 839 g/mol. The van der Waals surface area contributed by atoms with Crippen LogP contribution in [0.3, 0.4) is 0 Å². The summed E-state index contributed by atoms with van der Waals surface area (Å²) in [5.74, 6) is -0.962. The number of amides is 2. The van der Waals surface area contributed by atoms with Gasteiger partial charge >= 0.3 is 17.9 Å². The quantitative estimate of drug-likeness (QED) is 0.0568. The van der Waals surface area contributed by atoms with Gasteiger partial charge in [-0.05, 0) is 122 Å². The van der Waals surface area contributed by atoms with Crippen LogP contribution >= 0.6 is 0 Å². The lowest BCUT2D eigenvalue weighted by atomic mass is 9.33. The van der Waals surface area contributed by atoms with Gasteiger partial charge < -0.3 is 25.6 Å². The number of ether oxygens (including phenoxy) is 1. The third-order valence-corrected chi connectivity index (χ3v) is 17.6. The van der Waals surface area contributed by atoms with E-state index in [0.717, 1.165) is 122 Å². The molecule has 0 saturated heterocycles. The highest BCUT2D eigenvalue weighted by atomic mass is 16.5. The number of carboxylic acids is 2. The van der Waals surface area contributed by atoms with Gasteiger partial charge in [0.25, 0.3) is 0 Å². The summed E-state index contributed by atoms with van der Waals surface area (Å²) in [6, 6.07) is 0. The van der Waals surface area contributed by atoms with Gasteiger partial charge in [0.05, 0.1) is 18.3 Å². The van der Waals surface area contributed by atoms with E-state index in [1.807, 2.05) is 13.8 Å². The molecule has 60 heavy (non-hydrogen) atoms. The van der Waals surface area contributed by atoms with Crippen LogP contribution in [0.15, 0.2) is 11.6 Å². The molecule has 5 rings (SSSR count). The second-order valence-electron chi connectivity index (χ2n) is 23.1. The minimum Gasteiger partial charge on any atom is -0.481 e. The molecule has 0 aromatic carbocycles. The van der Waals surface area contributed by atoms with E-state index in [4.69, 9.17) is 9.84 Å². The molecule has 4 saturated carbocycles. The van der Waals surface area contributed by atoms with Crippen LogP contribution in [0.2, 0.25) is 0 Å². The minimum absolute atomic E-state index is 0.0156. The zero-order chi connectivity index (χ0) is 44.4. The maximum atomic E-state index is 14.5. The topological polar surface area (TPSA) is 159 Å². The number of unbranched alkanes of at least 4 members (excludes halogenated alkanes) is 7. The van der Waals surface area contributed by atoms with Crippen LogP contribution in [0.5, 0.6) is 0 Å². The van der Waals surface area contributed by atoms with Crippen LogP contribution in [-0.4, -0.2) is 59.1 Å². The number of hydrogen-bond donors (Lipinski definition) is 4. The number of carboxylic acid groups (broad SMARTS) is 2. The smallest absolute Gasteiger partial charge is 0.322 e. The van der Waals surface area contributed by atoms with Crippen LogP contribution in [-0.2, 0) is 28.7 Å². The van der Waals surface area contributed by atoms with Crippen LogP contribution in [0.4, 0.5) is 0 Å². The number of aliphatic carboxylic acids is 2. The van der Waals surface area contributed by atoms with Crippen LogP contribution in [0, 0.1) is 55.7 Å². The molecule has 340 valence electrons. The van der Waals surface area contributed by atoms with Gasteiger partial charge in [-0.15, -0.1) is 0 Å². The summed E-state index contributed by atoms with van der Waals surface area (Å²) in [6.45, 7) is 21.2. The van der Waals surface area contributed by atoms with Gasteiger partial charge in [0.1, 0.15) is 12.6 Å². The van der Waals surface area contributed by atoms with Gasteiger partial charge in [-0.25, -0.2) is 0 Å². The molecule has 4 N–H and O–H groups in total. The summed E-state index contributed by atoms with van der Waals surface area (Å²) in [4.78, 5) is 61.5. The number of allylic oxidation sites excluding steroid dienone is 2. The fourth-order valence-corrected chi connectivity index (χ4v) is 14.0. The van der Waals surface area contributed by atoms with E-state index in [-0.39, 0.29) is 81.7 Å². The Bertz CT molecular complexity index is 1630. The zero-order valence-corrected chi connectivity index (χ0v) is 39.0. The van der Waals surface area contributed by atoms with Crippen molar-refractivity contribution >= 4 is 29.7 Å². The molecule has 5 aliphatic rings. The van der Waals surface area contributed by atoms with Crippen LogP contribution in [0.25, 0.3) is 0 Å². The van der Waals surface area contributed by atoms with Crippen molar-refractivity contribution in [2.75, 3.05) is 13.1 Å². The highest BCUT2D eigenvalue weighted by Gasteiger charge is 2.69. The molecule has 2 amide bonds.